The van der Waals surface area contributed by atoms with E-state index in [-0.39, 0.29) is 28.8 Å². The molecular formula is C12H10N4O5. The molecule has 0 spiro atoms. The molecule has 0 unspecified atom stereocenters. The summed E-state index contributed by atoms with van der Waals surface area (Å²) in [7, 11) is 1.56. The van der Waals surface area contributed by atoms with Crippen molar-refractivity contribution in [3.63, 3.8) is 0 Å². The summed E-state index contributed by atoms with van der Waals surface area (Å²) in [5, 5.41) is 24.2. The number of anilines is 1. The predicted octanol–water partition coefficient (Wildman–Crippen LogP) is 2.73. The molecule has 2 aromatic rings. The summed E-state index contributed by atoms with van der Waals surface area (Å²) in [4.78, 5) is 24.4. The Labute approximate surface area is 118 Å². The molecule has 1 N–H and O–H groups in total. The van der Waals surface area contributed by atoms with E-state index in [1.54, 1.807) is 7.05 Å². The summed E-state index contributed by atoms with van der Waals surface area (Å²) < 4.78 is 5.34. The minimum absolute atomic E-state index is 0.0333. The Morgan fingerprint density at radius 1 is 1.10 bits per heavy atom. The number of nitro benzene ring substituents is 1. The Morgan fingerprint density at radius 3 is 2.43 bits per heavy atom. The molecule has 2 rings (SSSR count). The number of aromatic nitrogens is 1. The van der Waals surface area contributed by atoms with Gasteiger partial charge in [0, 0.05) is 13.1 Å². The van der Waals surface area contributed by atoms with E-state index in [2.05, 4.69) is 10.3 Å². The largest absolute Gasteiger partial charge is 0.438 e. The fourth-order valence-corrected chi connectivity index (χ4v) is 1.56. The molecule has 0 aliphatic heterocycles. The molecule has 1 aromatic carbocycles. The van der Waals surface area contributed by atoms with Gasteiger partial charge in [-0.05, 0) is 6.07 Å². The average molecular weight is 290 g/mol. The molecule has 0 radical (unpaired) electrons. The van der Waals surface area contributed by atoms with Crippen LogP contribution < -0.4 is 10.1 Å². The number of nitro groups is 2. The summed E-state index contributed by atoms with van der Waals surface area (Å²) in [5.74, 6) is 0.387. The van der Waals surface area contributed by atoms with Crippen LogP contribution in [0.3, 0.4) is 0 Å². The second kappa shape index (κ2) is 5.82. The lowest BCUT2D eigenvalue weighted by molar-refractivity contribution is -0.384. The van der Waals surface area contributed by atoms with Crippen LogP contribution in [-0.2, 0) is 0 Å². The van der Waals surface area contributed by atoms with Crippen molar-refractivity contribution in [3.05, 3.63) is 56.6 Å². The normalized spacial score (nSPS) is 9.95. The van der Waals surface area contributed by atoms with E-state index in [0.29, 0.717) is 0 Å². The number of hydrogen-bond donors (Lipinski definition) is 1. The Kier molecular flexibility index (Phi) is 3.93. The van der Waals surface area contributed by atoms with Gasteiger partial charge in [-0.3, -0.25) is 20.2 Å². The van der Waals surface area contributed by atoms with Crippen LogP contribution >= 0.6 is 0 Å². The lowest BCUT2D eigenvalue weighted by Crippen LogP contribution is -1.98. The lowest BCUT2D eigenvalue weighted by atomic mass is 10.3. The highest BCUT2D eigenvalue weighted by atomic mass is 16.6. The number of nitrogens with one attached hydrogen (secondary N) is 1. The van der Waals surface area contributed by atoms with Crippen LogP contribution in [0.4, 0.5) is 17.2 Å². The SMILES string of the molecule is CNc1cc([N+](=O)[O-])cc(Oc2cccc([N+](=O)[O-])c2)n1. The van der Waals surface area contributed by atoms with Gasteiger partial charge in [-0.1, -0.05) is 6.07 Å². The van der Waals surface area contributed by atoms with Crippen LogP contribution in [0, 0.1) is 20.2 Å². The standard InChI is InChI=1S/C12H10N4O5/c1-13-11-6-9(16(19)20)7-12(14-11)21-10-4-2-3-8(5-10)15(17)18/h2-7H,1H3,(H,13,14). The summed E-state index contributed by atoms with van der Waals surface area (Å²) in [6, 6.07) is 7.85. The van der Waals surface area contributed by atoms with E-state index in [9.17, 15) is 20.2 Å². The smallest absolute Gasteiger partial charge is 0.278 e. The second-order valence-corrected chi connectivity index (χ2v) is 3.91. The number of pyridine rings is 1. The Morgan fingerprint density at radius 2 is 1.81 bits per heavy atom. The van der Waals surface area contributed by atoms with Crippen molar-refractivity contribution in [2.24, 2.45) is 0 Å². The first-order chi connectivity index (χ1) is 9.99. The van der Waals surface area contributed by atoms with Gasteiger partial charge in [-0.2, -0.15) is 4.98 Å². The van der Waals surface area contributed by atoms with E-state index in [1.165, 1.54) is 30.3 Å². The minimum Gasteiger partial charge on any atom is -0.438 e. The van der Waals surface area contributed by atoms with Gasteiger partial charge < -0.3 is 10.1 Å². The molecule has 0 saturated heterocycles. The van der Waals surface area contributed by atoms with E-state index in [4.69, 9.17) is 4.74 Å². The van der Waals surface area contributed by atoms with Crippen molar-refractivity contribution in [1.29, 1.82) is 0 Å². The number of non-ortho nitro benzene ring substituents is 1. The fourth-order valence-electron chi connectivity index (χ4n) is 1.56. The number of hydrogen-bond acceptors (Lipinski definition) is 7. The first-order valence-electron chi connectivity index (χ1n) is 5.76. The van der Waals surface area contributed by atoms with Crippen molar-refractivity contribution < 1.29 is 14.6 Å². The fraction of sp³-hybridized carbons (Fsp3) is 0.0833. The van der Waals surface area contributed by atoms with Crippen molar-refractivity contribution >= 4 is 17.2 Å². The molecule has 0 aliphatic carbocycles. The van der Waals surface area contributed by atoms with Gasteiger partial charge in [0.25, 0.3) is 11.4 Å². The topological polar surface area (TPSA) is 120 Å². The van der Waals surface area contributed by atoms with Crippen LogP contribution in [0.15, 0.2) is 36.4 Å². The van der Waals surface area contributed by atoms with Crippen LogP contribution in [0.25, 0.3) is 0 Å². The van der Waals surface area contributed by atoms with E-state index < -0.39 is 9.85 Å². The highest BCUT2D eigenvalue weighted by molar-refractivity contribution is 5.49. The second-order valence-electron chi connectivity index (χ2n) is 3.91. The zero-order valence-corrected chi connectivity index (χ0v) is 10.8. The van der Waals surface area contributed by atoms with Crippen LogP contribution in [0.5, 0.6) is 11.6 Å². The average Bonchev–Trinajstić information content (AvgIpc) is 2.47. The van der Waals surface area contributed by atoms with Gasteiger partial charge in [-0.25, -0.2) is 0 Å². The molecule has 0 bridgehead atoms. The first-order valence-corrected chi connectivity index (χ1v) is 5.76. The molecule has 0 saturated carbocycles. The van der Waals surface area contributed by atoms with E-state index in [1.807, 2.05) is 0 Å². The number of benzene rings is 1. The Balaban J connectivity index is 2.34. The van der Waals surface area contributed by atoms with Crippen molar-refractivity contribution in [2.75, 3.05) is 12.4 Å². The number of nitrogens with zero attached hydrogens (tertiary/aromatic N) is 3. The zero-order valence-electron chi connectivity index (χ0n) is 10.8. The first kappa shape index (κ1) is 14.2. The van der Waals surface area contributed by atoms with Crippen molar-refractivity contribution in [2.45, 2.75) is 0 Å². The monoisotopic (exact) mass is 290 g/mol. The Hall–Kier alpha value is -3.23. The highest BCUT2D eigenvalue weighted by Crippen LogP contribution is 2.28. The molecule has 0 amide bonds. The molecule has 21 heavy (non-hydrogen) atoms. The van der Waals surface area contributed by atoms with Crippen LogP contribution in [-0.4, -0.2) is 21.9 Å². The molecule has 9 heteroatoms. The molecule has 0 atom stereocenters. The van der Waals surface area contributed by atoms with Crippen molar-refractivity contribution in [1.82, 2.24) is 4.98 Å². The maximum atomic E-state index is 10.8. The molecular weight excluding hydrogens is 280 g/mol. The van der Waals surface area contributed by atoms with Gasteiger partial charge in [0.15, 0.2) is 0 Å². The number of rotatable bonds is 5. The van der Waals surface area contributed by atoms with Crippen molar-refractivity contribution in [3.8, 4) is 11.6 Å². The summed E-state index contributed by atoms with van der Waals surface area (Å²) >= 11 is 0. The van der Waals surface area contributed by atoms with Gasteiger partial charge >= 0.3 is 0 Å². The molecule has 9 nitrogen and oxygen atoms in total. The predicted molar refractivity (Wildman–Crippen MR) is 73.6 cm³/mol. The summed E-state index contributed by atoms with van der Waals surface area (Å²) in [6.45, 7) is 0. The number of ether oxygens (including phenoxy) is 1. The molecule has 0 aliphatic rings. The third-order valence-corrected chi connectivity index (χ3v) is 2.50. The van der Waals surface area contributed by atoms with E-state index in [0.717, 1.165) is 6.07 Å². The maximum Gasteiger partial charge on any atom is 0.278 e. The Bertz CT molecular complexity index is 704. The summed E-state index contributed by atoms with van der Waals surface area (Å²) in [6.07, 6.45) is 0. The minimum atomic E-state index is -0.581. The van der Waals surface area contributed by atoms with Gasteiger partial charge in [0.05, 0.1) is 28.0 Å². The quantitative estimate of drug-likeness (QED) is 0.663. The lowest BCUT2D eigenvalue weighted by Gasteiger charge is -2.06. The maximum absolute atomic E-state index is 10.8. The molecule has 108 valence electrons. The zero-order chi connectivity index (χ0) is 15.4. The highest BCUT2D eigenvalue weighted by Gasteiger charge is 2.13. The van der Waals surface area contributed by atoms with Gasteiger partial charge in [-0.15, -0.1) is 0 Å². The molecule has 0 fully saturated rings. The van der Waals surface area contributed by atoms with Gasteiger partial charge in [0.1, 0.15) is 11.6 Å². The summed E-state index contributed by atoms with van der Waals surface area (Å²) in [5.41, 5.74) is -0.346. The molecule has 1 aromatic heterocycles. The molecule has 1 heterocycles. The van der Waals surface area contributed by atoms with Crippen LogP contribution in [0.1, 0.15) is 0 Å². The van der Waals surface area contributed by atoms with E-state index >= 15 is 0 Å². The third-order valence-electron chi connectivity index (χ3n) is 2.50. The van der Waals surface area contributed by atoms with Crippen LogP contribution in [0.2, 0.25) is 0 Å². The van der Waals surface area contributed by atoms with Gasteiger partial charge in [0.2, 0.25) is 5.88 Å². The third kappa shape index (κ3) is 3.41.